The Balaban J connectivity index is 1.76. The fourth-order valence-electron chi connectivity index (χ4n) is 2.35. The molecule has 0 radical (unpaired) electrons. The highest BCUT2D eigenvalue weighted by molar-refractivity contribution is 7.99. The summed E-state index contributed by atoms with van der Waals surface area (Å²) in [6, 6.07) is 2.33. The third kappa shape index (κ3) is 4.44. The topological polar surface area (TPSA) is 50.2 Å². The molecule has 20 heavy (non-hydrogen) atoms. The van der Waals surface area contributed by atoms with Gasteiger partial charge in [-0.3, -0.25) is 4.68 Å². The van der Waals surface area contributed by atoms with Crippen molar-refractivity contribution in [2.45, 2.75) is 32.9 Å². The first-order chi connectivity index (χ1) is 9.66. The zero-order valence-corrected chi connectivity index (χ0v) is 13.1. The number of hydrogen-bond donors (Lipinski definition) is 1. The zero-order chi connectivity index (χ0) is 14.4. The van der Waals surface area contributed by atoms with Gasteiger partial charge in [0, 0.05) is 43.8 Å². The summed E-state index contributed by atoms with van der Waals surface area (Å²) in [7, 11) is 0. The van der Waals surface area contributed by atoms with Gasteiger partial charge in [0.25, 0.3) is 0 Å². The minimum Gasteiger partial charge on any atom is -0.338 e. The molecule has 0 unspecified atom stereocenters. The van der Waals surface area contributed by atoms with E-state index >= 15 is 0 Å². The lowest BCUT2D eigenvalue weighted by molar-refractivity contribution is 0.181. The highest BCUT2D eigenvalue weighted by atomic mass is 32.2. The van der Waals surface area contributed by atoms with Gasteiger partial charge in [0.2, 0.25) is 0 Å². The van der Waals surface area contributed by atoms with E-state index in [0.29, 0.717) is 18.5 Å². The van der Waals surface area contributed by atoms with E-state index in [1.165, 1.54) is 0 Å². The Kier molecular flexibility index (Phi) is 5.76. The SMILES string of the molecule is C[C@@H](CNC(=O)N1CCSCC[C@@H]1C)Cn1cccn1. The Morgan fingerprint density at radius 3 is 3.15 bits per heavy atom. The second kappa shape index (κ2) is 7.57. The molecule has 1 saturated heterocycles. The fourth-order valence-corrected chi connectivity index (χ4v) is 3.39. The van der Waals surface area contributed by atoms with Gasteiger partial charge in [-0.05, 0) is 31.1 Å². The Morgan fingerprint density at radius 1 is 1.55 bits per heavy atom. The van der Waals surface area contributed by atoms with Crippen molar-refractivity contribution < 1.29 is 4.79 Å². The fraction of sp³-hybridized carbons (Fsp3) is 0.714. The molecule has 2 rings (SSSR count). The first-order valence-electron chi connectivity index (χ1n) is 7.26. The average molecular weight is 296 g/mol. The van der Waals surface area contributed by atoms with Crippen LogP contribution in [0.5, 0.6) is 0 Å². The van der Waals surface area contributed by atoms with Gasteiger partial charge in [-0.25, -0.2) is 4.79 Å². The lowest BCUT2D eigenvalue weighted by Crippen LogP contribution is -2.46. The summed E-state index contributed by atoms with van der Waals surface area (Å²) in [4.78, 5) is 14.2. The van der Waals surface area contributed by atoms with Gasteiger partial charge < -0.3 is 10.2 Å². The Morgan fingerprint density at radius 2 is 2.40 bits per heavy atom. The second-order valence-corrected chi connectivity index (χ2v) is 6.69. The molecule has 2 amide bonds. The van der Waals surface area contributed by atoms with Gasteiger partial charge >= 0.3 is 6.03 Å². The summed E-state index contributed by atoms with van der Waals surface area (Å²) >= 11 is 1.93. The number of carbonyl (C=O) groups excluding carboxylic acids is 1. The first-order valence-corrected chi connectivity index (χ1v) is 8.42. The van der Waals surface area contributed by atoms with Crippen LogP contribution in [-0.4, -0.2) is 51.3 Å². The van der Waals surface area contributed by atoms with E-state index in [2.05, 4.69) is 24.3 Å². The third-order valence-corrected chi connectivity index (χ3v) is 4.60. The molecular formula is C14H24N4OS. The van der Waals surface area contributed by atoms with Crippen LogP contribution in [0.15, 0.2) is 18.5 Å². The summed E-state index contributed by atoms with van der Waals surface area (Å²) in [6.07, 6.45) is 4.81. The van der Waals surface area contributed by atoms with Crippen molar-refractivity contribution in [2.75, 3.05) is 24.6 Å². The van der Waals surface area contributed by atoms with Gasteiger partial charge in [-0.15, -0.1) is 0 Å². The van der Waals surface area contributed by atoms with Crippen molar-refractivity contribution >= 4 is 17.8 Å². The number of aromatic nitrogens is 2. The molecule has 5 nitrogen and oxygen atoms in total. The van der Waals surface area contributed by atoms with E-state index in [1.54, 1.807) is 6.20 Å². The standard InChI is InChI=1S/C14H24N4OS/c1-12(11-17-6-3-5-16-17)10-15-14(19)18-7-9-20-8-4-13(18)2/h3,5-6,12-13H,4,7-11H2,1-2H3,(H,15,19)/t12-,13-/m0/s1. The average Bonchev–Trinajstić information content (AvgIpc) is 2.83. The first kappa shape index (κ1) is 15.2. The summed E-state index contributed by atoms with van der Waals surface area (Å²) in [5.41, 5.74) is 0. The predicted molar refractivity (Wildman–Crippen MR) is 82.9 cm³/mol. The second-order valence-electron chi connectivity index (χ2n) is 5.46. The Hall–Kier alpha value is -1.17. The zero-order valence-electron chi connectivity index (χ0n) is 12.3. The van der Waals surface area contributed by atoms with Crippen LogP contribution < -0.4 is 5.32 Å². The summed E-state index contributed by atoms with van der Waals surface area (Å²) in [5.74, 6) is 2.57. The van der Waals surface area contributed by atoms with Gasteiger partial charge in [0.05, 0.1) is 0 Å². The van der Waals surface area contributed by atoms with Crippen LogP contribution in [-0.2, 0) is 6.54 Å². The van der Waals surface area contributed by atoms with E-state index < -0.39 is 0 Å². The molecule has 1 aliphatic rings. The number of rotatable bonds is 4. The number of nitrogens with zero attached hydrogens (tertiary/aromatic N) is 3. The number of carbonyl (C=O) groups is 1. The van der Waals surface area contributed by atoms with E-state index in [-0.39, 0.29) is 6.03 Å². The number of nitrogens with one attached hydrogen (secondary N) is 1. The molecule has 1 aromatic heterocycles. The van der Waals surface area contributed by atoms with E-state index in [0.717, 1.165) is 31.0 Å². The van der Waals surface area contributed by atoms with Gasteiger partial charge in [0.1, 0.15) is 0 Å². The van der Waals surface area contributed by atoms with E-state index in [4.69, 9.17) is 0 Å². The summed E-state index contributed by atoms with van der Waals surface area (Å²) in [5, 5.41) is 7.25. The van der Waals surface area contributed by atoms with Crippen LogP contribution in [0.3, 0.4) is 0 Å². The molecule has 0 aromatic carbocycles. The maximum absolute atomic E-state index is 12.3. The third-order valence-electron chi connectivity index (χ3n) is 3.61. The predicted octanol–water partition coefficient (Wildman–Crippen LogP) is 2.06. The molecule has 1 fully saturated rings. The minimum absolute atomic E-state index is 0.0762. The van der Waals surface area contributed by atoms with Crippen molar-refractivity contribution in [1.29, 1.82) is 0 Å². The van der Waals surface area contributed by atoms with Crippen molar-refractivity contribution in [1.82, 2.24) is 20.0 Å². The highest BCUT2D eigenvalue weighted by Crippen LogP contribution is 2.15. The van der Waals surface area contributed by atoms with Crippen LogP contribution in [0.1, 0.15) is 20.3 Å². The van der Waals surface area contributed by atoms with Gasteiger partial charge in [-0.2, -0.15) is 16.9 Å². The maximum Gasteiger partial charge on any atom is 0.317 e. The molecule has 0 spiro atoms. The molecule has 1 N–H and O–H groups in total. The van der Waals surface area contributed by atoms with Crippen molar-refractivity contribution in [3.8, 4) is 0 Å². The van der Waals surface area contributed by atoms with Crippen molar-refractivity contribution in [3.05, 3.63) is 18.5 Å². The minimum atomic E-state index is 0.0762. The summed E-state index contributed by atoms with van der Waals surface area (Å²) < 4.78 is 1.90. The molecule has 2 heterocycles. The lowest BCUT2D eigenvalue weighted by atomic mass is 10.2. The van der Waals surface area contributed by atoms with Gasteiger partial charge in [-0.1, -0.05) is 6.92 Å². The van der Waals surface area contributed by atoms with Crippen LogP contribution in [0.25, 0.3) is 0 Å². The van der Waals surface area contributed by atoms with Crippen LogP contribution >= 0.6 is 11.8 Å². The van der Waals surface area contributed by atoms with Crippen LogP contribution in [0.2, 0.25) is 0 Å². The lowest BCUT2D eigenvalue weighted by Gasteiger charge is -2.27. The molecule has 112 valence electrons. The number of thioether (sulfide) groups is 1. The largest absolute Gasteiger partial charge is 0.338 e. The monoisotopic (exact) mass is 296 g/mol. The molecule has 0 aliphatic carbocycles. The smallest absolute Gasteiger partial charge is 0.317 e. The Labute approximate surface area is 125 Å². The molecule has 1 aliphatic heterocycles. The number of amides is 2. The number of hydrogen-bond acceptors (Lipinski definition) is 3. The van der Waals surface area contributed by atoms with Crippen LogP contribution in [0.4, 0.5) is 4.79 Å². The number of urea groups is 1. The van der Waals surface area contributed by atoms with Crippen molar-refractivity contribution in [2.24, 2.45) is 5.92 Å². The van der Waals surface area contributed by atoms with E-state index in [1.807, 2.05) is 33.6 Å². The van der Waals surface area contributed by atoms with E-state index in [9.17, 15) is 4.79 Å². The van der Waals surface area contributed by atoms with Crippen LogP contribution in [0, 0.1) is 5.92 Å². The molecular weight excluding hydrogens is 272 g/mol. The molecule has 0 bridgehead atoms. The quantitative estimate of drug-likeness (QED) is 0.925. The molecule has 1 aromatic rings. The highest BCUT2D eigenvalue weighted by Gasteiger charge is 2.22. The molecule has 2 atom stereocenters. The van der Waals surface area contributed by atoms with Crippen molar-refractivity contribution in [3.63, 3.8) is 0 Å². The summed E-state index contributed by atoms with van der Waals surface area (Å²) in [6.45, 7) is 6.64. The van der Waals surface area contributed by atoms with Gasteiger partial charge in [0.15, 0.2) is 0 Å². The Bertz CT molecular complexity index is 409. The molecule has 6 heteroatoms. The normalized spacial score (nSPS) is 21.3. The molecule has 0 saturated carbocycles. The maximum atomic E-state index is 12.3.